The molecule has 0 atom stereocenters. The average Bonchev–Trinajstić information content (AvgIpc) is 2.68. The highest BCUT2D eigenvalue weighted by molar-refractivity contribution is 5.95. The Hall–Kier alpha value is -2.25. The van der Waals surface area contributed by atoms with Gasteiger partial charge in [0.05, 0.1) is 12.1 Å². The minimum atomic E-state index is -0.419. The fourth-order valence-electron chi connectivity index (χ4n) is 3.61. The van der Waals surface area contributed by atoms with Crippen molar-refractivity contribution in [3.63, 3.8) is 0 Å². The minimum absolute atomic E-state index is 0.0490. The number of aryl methyl sites for hydroxylation is 1. The largest absolute Gasteiger partial charge is 0.384 e. The van der Waals surface area contributed by atoms with Crippen LogP contribution in [0.3, 0.4) is 0 Å². The van der Waals surface area contributed by atoms with Gasteiger partial charge in [-0.25, -0.2) is 0 Å². The van der Waals surface area contributed by atoms with Crippen molar-refractivity contribution >= 4 is 16.8 Å². The van der Waals surface area contributed by atoms with Crippen LogP contribution >= 0.6 is 0 Å². The third-order valence-electron chi connectivity index (χ3n) is 5.12. The number of para-hydroxylation sites is 1. The summed E-state index contributed by atoms with van der Waals surface area (Å²) in [6, 6.07) is 7.24. The van der Waals surface area contributed by atoms with Crippen LogP contribution in [0.15, 0.2) is 29.1 Å². The smallest absolute Gasteiger partial charge is 0.275 e. The molecule has 1 aromatic carbocycles. The predicted octanol–water partition coefficient (Wildman–Crippen LogP) is 1.16. The summed E-state index contributed by atoms with van der Waals surface area (Å²) < 4.78 is 7.08. The topological polar surface area (TPSA) is 85.2 Å². The molecule has 2 N–H and O–H groups in total. The summed E-state index contributed by atoms with van der Waals surface area (Å²) in [5, 5.41) is 11.1. The van der Waals surface area contributed by atoms with Gasteiger partial charge in [-0.3, -0.25) is 14.3 Å². The molecule has 7 nitrogen and oxygen atoms in total. The maximum absolute atomic E-state index is 12.7. The van der Waals surface area contributed by atoms with Crippen LogP contribution in [-0.2, 0) is 11.3 Å². The number of benzene rings is 1. The number of methoxy groups -OCH3 is 1. The van der Waals surface area contributed by atoms with E-state index in [1.54, 1.807) is 23.9 Å². The first-order valence-electron chi connectivity index (χ1n) is 9.08. The van der Waals surface area contributed by atoms with E-state index < -0.39 is 5.91 Å². The summed E-state index contributed by atoms with van der Waals surface area (Å²) in [5.74, 6) is -0.419. The SMILES string of the molecule is CCn1nc(C(=O)NCC2(COC)CCNCC2)c(=O)c2ccccc21. The second-order valence-corrected chi connectivity index (χ2v) is 6.88. The highest BCUT2D eigenvalue weighted by Crippen LogP contribution is 2.28. The molecule has 140 valence electrons. The van der Waals surface area contributed by atoms with Gasteiger partial charge < -0.3 is 15.4 Å². The summed E-state index contributed by atoms with van der Waals surface area (Å²) in [6.45, 7) is 5.38. The Morgan fingerprint density at radius 3 is 2.77 bits per heavy atom. The van der Waals surface area contributed by atoms with E-state index in [0.717, 1.165) is 31.4 Å². The molecule has 7 heteroatoms. The molecule has 1 saturated heterocycles. The first-order chi connectivity index (χ1) is 12.6. The third kappa shape index (κ3) is 3.64. The zero-order valence-electron chi connectivity index (χ0n) is 15.4. The van der Waals surface area contributed by atoms with E-state index in [-0.39, 0.29) is 16.5 Å². The Labute approximate surface area is 152 Å². The lowest BCUT2D eigenvalue weighted by atomic mass is 9.79. The Balaban J connectivity index is 1.85. The second-order valence-electron chi connectivity index (χ2n) is 6.88. The molecule has 0 unspecified atom stereocenters. The molecule has 1 aromatic heterocycles. The van der Waals surface area contributed by atoms with Crippen molar-refractivity contribution in [2.45, 2.75) is 26.3 Å². The lowest BCUT2D eigenvalue weighted by Gasteiger charge is -2.37. The monoisotopic (exact) mass is 358 g/mol. The van der Waals surface area contributed by atoms with Crippen LogP contribution in [0, 0.1) is 5.41 Å². The molecule has 1 amide bonds. The molecule has 0 spiro atoms. The van der Waals surface area contributed by atoms with Crippen LogP contribution in [0.2, 0.25) is 0 Å². The van der Waals surface area contributed by atoms with Crippen LogP contribution in [-0.4, -0.2) is 49.0 Å². The predicted molar refractivity (Wildman–Crippen MR) is 100 cm³/mol. The maximum atomic E-state index is 12.7. The van der Waals surface area contributed by atoms with Gasteiger partial charge in [-0.15, -0.1) is 0 Å². The summed E-state index contributed by atoms with van der Waals surface area (Å²) in [7, 11) is 1.68. The summed E-state index contributed by atoms with van der Waals surface area (Å²) in [6.07, 6.45) is 1.84. The molecule has 26 heavy (non-hydrogen) atoms. The second kappa shape index (κ2) is 7.97. The van der Waals surface area contributed by atoms with Gasteiger partial charge in [0.25, 0.3) is 5.91 Å². The maximum Gasteiger partial charge on any atom is 0.275 e. The number of hydrogen-bond donors (Lipinski definition) is 2. The zero-order chi connectivity index (χ0) is 18.6. The van der Waals surface area contributed by atoms with Crippen molar-refractivity contribution in [3.05, 3.63) is 40.2 Å². The number of piperidine rings is 1. The van der Waals surface area contributed by atoms with Crippen molar-refractivity contribution in [2.75, 3.05) is 33.4 Å². The van der Waals surface area contributed by atoms with Crippen LogP contribution in [0.4, 0.5) is 0 Å². The molecular weight excluding hydrogens is 332 g/mol. The van der Waals surface area contributed by atoms with Crippen LogP contribution < -0.4 is 16.1 Å². The number of amides is 1. The van der Waals surface area contributed by atoms with Gasteiger partial charge >= 0.3 is 0 Å². The number of aromatic nitrogens is 2. The molecule has 3 rings (SSSR count). The summed E-state index contributed by atoms with van der Waals surface area (Å²) in [4.78, 5) is 25.4. The summed E-state index contributed by atoms with van der Waals surface area (Å²) in [5.41, 5.74) is 0.266. The van der Waals surface area contributed by atoms with E-state index >= 15 is 0 Å². The van der Waals surface area contributed by atoms with Crippen molar-refractivity contribution in [1.29, 1.82) is 0 Å². The summed E-state index contributed by atoms with van der Waals surface area (Å²) >= 11 is 0. The molecule has 0 bridgehead atoms. The molecule has 2 heterocycles. The molecule has 1 aliphatic rings. The zero-order valence-corrected chi connectivity index (χ0v) is 15.4. The number of carbonyl (C=O) groups is 1. The fraction of sp³-hybridized carbons (Fsp3) is 0.526. The first-order valence-corrected chi connectivity index (χ1v) is 9.08. The molecule has 0 radical (unpaired) electrons. The van der Waals surface area contributed by atoms with Gasteiger partial charge in [0.15, 0.2) is 5.69 Å². The Morgan fingerprint density at radius 1 is 1.35 bits per heavy atom. The van der Waals surface area contributed by atoms with Gasteiger partial charge in [-0.05, 0) is 45.0 Å². The highest BCUT2D eigenvalue weighted by Gasteiger charge is 2.33. The van der Waals surface area contributed by atoms with E-state index in [4.69, 9.17) is 4.74 Å². The van der Waals surface area contributed by atoms with E-state index in [1.807, 2.05) is 19.1 Å². The van der Waals surface area contributed by atoms with E-state index in [1.165, 1.54) is 0 Å². The van der Waals surface area contributed by atoms with Gasteiger partial charge in [-0.2, -0.15) is 5.10 Å². The first kappa shape index (κ1) is 18.5. The van der Waals surface area contributed by atoms with Gasteiger partial charge in [0, 0.05) is 31.0 Å². The average molecular weight is 358 g/mol. The van der Waals surface area contributed by atoms with Crippen LogP contribution in [0.5, 0.6) is 0 Å². The number of nitrogens with zero attached hydrogens (tertiary/aromatic N) is 2. The van der Waals surface area contributed by atoms with Crippen LogP contribution in [0.1, 0.15) is 30.3 Å². The van der Waals surface area contributed by atoms with Crippen molar-refractivity contribution < 1.29 is 9.53 Å². The van der Waals surface area contributed by atoms with Crippen molar-refractivity contribution in [2.24, 2.45) is 5.41 Å². The Kier molecular flexibility index (Phi) is 5.68. The number of hydrogen-bond acceptors (Lipinski definition) is 5. The third-order valence-corrected chi connectivity index (χ3v) is 5.12. The van der Waals surface area contributed by atoms with E-state index in [2.05, 4.69) is 15.7 Å². The number of carbonyl (C=O) groups excluding carboxylic acids is 1. The van der Waals surface area contributed by atoms with Crippen LogP contribution in [0.25, 0.3) is 10.9 Å². The number of ether oxygens (including phenoxy) is 1. The number of rotatable bonds is 6. The van der Waals surface area contributed by atoms with Gasteiger partial charge in [-0.1, -0.05) is 12.1 Å². The quantitative estimate of drug-likeness (QED) is 0.809. The lowest BCUT2D eigenvalue weighted by molar-refractivity contribution is 0.0510. The number of fused-ring (bicyclic) bond motifs is 1. The molecule has 2 aromatic rings. The normalized spacial score (nSPS) is 16.5. The molecule has 0 aliphatic carbocycles. The Bertz CT molecular complexity index is 835. The lowest BCUT2D eigenvalue weighted by Crippen LogP contribution is -2.47. The molecule has 1 aliphatic heterocycles. The van der Waals surface area contributed by atoms with E-state index in [9.17, 15) is 9.59 Å². The van der Waals surface area contributed by atoms with Gasteiger partial charge in [0.2, 0.25) is 5.43 Å². The number of nitrogens with one attached hydrogen (secondary N) is 2. The molecule has 1 fully saturated rings. The van der Waals surface area contributed by atoms with Crippen molar-refractivity contribution in [1.82, 2.24) is 20.4 Å². The standard InChI is InChI=1S/C19H26N4O3/c1-3-23-15-7-5-4-6-14(15)17(24)16(22-23)18(25)21-12-19(13-26-2)8-10-20-11-9-19/h4-7,20H,3,8-13H2,1-2H3,(H,21,25). The van der Waals surface area contributed by atoms with Crippen molar-refractivity contribution in [3.8, 4) is 0 Å². The fourth-order valence-corrected chi connectivity index (χ4v) is 3.61. The Morgan fingerprint density at radius 2 is 2.08 bits per heavy atom. The van der Waals surface area contributed by atoms with E-state index in [0.29, 0.717) is 25.1 Å². The molecular formula is C19H26N4O3. The highest BCUT2D eigenvalue weighted by atomic mass is 16.5. The molecule has 0 saturated carbocycles. The van der Waals surface area contributed by atoms with Gasteiger partial charge in [0.1, 0.15) is 0 Å². The minimum Gasteiger partial charge on any atom is -0.384 e.